The summed E-state index contributed by atoms with van der Waals surface area (Å²) in [6.07, 6.45) is 0.489. The van der Waals surface area contributed by atoms with Gasteiger partial charge in [0.05, 0.1) is 0 Å². The Bertz CT molecular complexity index is 545. The van der Waals surface area contributed by atoms with Gasteiger partial charge < -0.3 is 5.11 Å². The molecular formula is C14H22N2O4S. The van der Waals surface area contributed by atoms with Crippen molar-refractivity contribution in [2.45, 2.75) is 26.3 Å². The van der Waals surface area contributed by atoms with Crippen LogP contribution in [0.1, 0.15) is 25.3 Å². The maximum absolute atomic E-state index is 12.1. The quantitative estimate of drug-likeness (QED) is 0.722. The summed E-state index contributed by atoms with van der Waals surface area (Å²) in [6.45, 7) is 2.34. The van der Waals surface area contributed by atoms with Crippen LogP contribution in [-0.2, 0) is 21.5 Å². The van der Waals surface area contributed by atoms with Crippen molar-refractivity contribution in [2.75, 3.05) is 13.6 Å². The van der Waals surface area contributed by atoms with E-state index in [9.17, 15) is 13.2 Å². The third-order valence-electron chi connectivity index (χ3n) is 3.12. The smallest absolute Gasteiger partial charge is 0.303 e. The predicted molar refractivity (Wildman–Crippen MR) is 80.9 cm³/mol. The molecule has 21 heavy (non-hydrogen) atoms. The van der Waals surface area contributed by atoms with Crippen LogP contribution in [0.3, 0.4) is 0 Å². The number of hydrogen-bond donors (Lipinski definition) is 2. The second kappa shape index (κ2) is 8.11. The van der Waals surface area contributed by atoms with Gasteiger partial charge in [-0.15, -0.1) is 0 Å². The van der Waals surface area contributed by atoms with Gasteiger partial charge in [-0.1, -0.05) is 37.3 Å². The summed E-state index contributed by atoms with van der Waals surface area (Å²) in [5.41, 5.74) is 0.907. The molecule has 118 valence electrons. The van der Waals surface area contributed by atoms with Crippen LogP contribution in [0.5, 0.6) is 0 Å². The van der Waals surface area contributed by atoms with Gasteiger partial charge in [0.2, 0.25) is 0 Å². The number of carbonyl (C=O) groups is 1. The van der Waals surface area contributed by atoms with Crippen molar-refractivity contribution in [3.05, 3.63) is 35.9 Å². The van der Waals surface area contributed by atoms with Crippen molar-refractivity contribution in [2.24, 2.45) is 5.92 Å². The summed E-state index contributed by atoms with van der Waals surface area (Å²) in [5.74, 6) is -0.896. The number of benzene rings is 1. The van der Waals surface area contributed by atoms with Crippen molar-refractivity contribution >= 4 is 16.2 Å². The molecular weight excluding hydrogens is 292 g/mol. The van der Waals surface area contributed by atoms with Crippen molar-refractivity contribution in [1.29, 1.82) is 0 Å². The van der Waals surface area contributed by atoms with Crippen LogP contribution in [0.15, 0.2) is 30.3 Å². The molecule has 1 aromatic carbocycles. The average molecular weight is 314 g/mol. The lowest BCUT2D eigenvalue weighted by Crippen LogP contribution is -2.39. The van der Waals surface area contributed by atoms with E-state index in [0.29, 0.717) is 13.0 Å². The Hall–Kier alpha value is -1.44. The van der Waals surface area contributed by atoms with E-state index in [2.05, 4.69) is 4.72 Å². The highest BCUT2D eigenvalue weighted by Crippen LogP contribution is 2.08. The molecule has 0 radical (unpaired) electrons. The molecule has 1 aromatic rings. The highest BCUT2D eigenvalue weighted by Gasteiger charge is 2.18. The van der Waals surface area contributed by atoms with Crippen LogP contribution in [0, 0.1) is 5.92 Å². The van der Waals surface area contributed by atoms with E-state index >= 15 is 0 Å². The zero-order chi connectivity index (χ0) is 15.9. The van der Waals surface area contributed by atoms with Gasteiger partial charge in [0, 0.05) is 26.6 Å². The van der Waals surface area contributed by atoms with Gasteiger partial charge in [0.1, 0.15) is 0 Å². The van der Waals surface area contributed by atoms with Crippen LogP contribution < -0.4 is 4.72 Å². The molecule has 0 aliphatic rings. The largest absolute Gasteiger partial charge is 0.481 e. The molecule has 0 aromatic heterocycles. The van der Waals surface area contributed by atoms with Crippen LogP contribution in [0.4, 0.5) is 0 Å². The molecule has 0 spiro atoms. The summed E-state index contributed by atoms with van der Waals surface area (Å²) >= 11 is 0. The molecule has 1 rings (SSSR count). The van der Waals surface area contributed by atoms with Crippen LogP contribution in [0.25, 0.3) is 0 Å². The summed E-state index contributed by atoms with van der Waals surface area (Å²) in [6, 6.07) is 9.32. The number of rotatable bonds is 9. The third-order valence-corrected chi connectivity index (χ3v) is 4.60. The first kappa shape index (κ1) is 17.6. The van der Waals surface area contributed by atoms with E-state index in [4.69, 9.17) is 5.11 Å². The van der Waals surface area contributed by atoms with Crippen molar-refractivity contribution in [3.63, 3.8) is 0 Å². The molecule has 1 unspecified atom stereocenters. The second-order valence-electron chi connectivity index (χ2n) is 5.13. The molecule has 0 saturated carbocycles. The van der Waals surface area contributed by atoms with Gasteiger partial charge in [0.25, 0.3) is 10.2 Å². The number of carboxylic acid groups (broad SMARTS) is 1. The number of aliphatic carboxylic acids is 1. The van der Waals surface area contributed by atoms with Crippen LogP contribution in [-0.4, -0.2) is 37.4 Å². The third kappa shape index (κ3) is 6.70. The highest BCUT2D eigenvalue weighted by atomic mass is 32.2. The van der Waals surface area contributed by atoms with Crippen molar-refractivity contribution in [3.8, 4) is 0 Å². The van der Waals surface area contributed by atoms with E-state index in [1.54, 1.807) is 0 Å². The Labute approximate surface area is 126 Å². The molecule has 2 N–H and O–H groups in total. The summed E-state index contributed by atoms with van der Waals surface area (Å²) in [5, 5.41) is 8.60. The number of nitrogens with one attached hydrogen (secondary N) is 1. The van der Waals surface area contributed by atoms with Gasteiger partial charge in [0.15, 0.2) is 0 Å². The average Bonchev–Trinajstić information content (AvgIpc) is 2.44. The summed E-state index contributed by atoms with van der Waals surface area (Å²) in [4.78, 5) is 10.5. The molecule has 0 aliphatic carbocycles. The summed E-state index contributed by atoms with van der Waals surface area (Å²) < 4.78 is 27.9. The minimum Gasteiger partial charge on any atom is -0.481 e. The van der Waals surface area contributed by atoms with Crippen molar-refractivity contribution in [1.82, 2.24) is 9.03 Å². The molecule has 7 heteroatoms. The lowest BCUT2D eigenvalue weighted by molar-refractivity contribution is -0.137. The molecule has 0 fully saturated rings. The zero-order valence-electron chi connectivity index (χ0n) is 12.3. The monoisotopic (exact) mass is 314 g/mol. The van der Waals surface area contributed by atoms with Crippen LogP contribution >= 0.6 is 0 Å². The summed E-state index contributed by atoms with van der Waals surface area (Å²) in [7, 11) is -2.05. The molecule has 0 bridgehead atoms. The van der Waals surface area contributed by atoms with E-state index in [-0.39, 0.29) is 18.9 Å². The standard InChI is InChI=1S/C14H22N2O4S/c1-12(8-9-14(17)18)10-15-21(19,20)16(2)11-13-6-4-3-5-7-13/h3-7,12,15H,8-11H2,1-2H3,(H,17,18). The van der Waals surface area contributed by atoms with Gasteiger partial charge in [-0.05, 0) is 17.9 Å². The number of hydrogen-bond acceptors (Lipinski definition) is 3. The first-order chi connectivity index (χ1) is 9.81. The van der Waals surface area contributed by atoms with Gasteiger partial charge in [-0.2, -0.15) is 12.7 Å². The Morgan fingerprint density at radius 3 is 2.52 bits per heavy atom. The van der Waals surface area contributed by atoms with Crippen LogP contribution in [0.2, 0.25) is 0 Å². The fourth-order valence-corrected chi connectivity index (χ4v) is 2.79. The SMILES string of the molecule is CC(CCC(=O)O)CNS(=O)(=O)N(C)Cc1ccccc1. The second-order valence-corrected chi connectivity index (χ2v) is 6.99. The number of nitrogens with zero attached hydrogens (tertiary/aromatic N) is 1. The topological polar surface area (TPSA) is 86.7 Å². The lowest BCUT2D eigenvalue weighted by Gasteiger charge is -2.19. The van der Waals surface area contributed by atoms with E-state index in [0.717, 1.165) is 5.56 Å². The minimum absolute atomic E-state index is 0.0269. The Kier molecular flexibility index (Phi) is 6.80. The van der Waals surface area contributed by atoms with Gasteiger partial charge in [-0.25, -0.2) is 4.72 Å². The van der Waals surface area contributed by atoms with Gasteiger partial charge >= 0.3 is 5.97 Å². The Morgan fingerprint density at radius 1 is 1.33 bits per heavy atom. The Balaban J connectivity index is 2.47. The van der Waals surface area contributed by atoms with Crippen molar-refractivity contribution < 1.29 is 18.3 Å². The number of carboxylic acids is 1. The van der Waals surface area contributed by atoms with E-state index in [1.165, 1.54) is 11.4 Å². The molecule has 0 saturated heterocycles. The highest BCUT2D eigenvalue weighted by molar-refractivity contribution is 7.87. The normalized spacial score (nSPS) is 13.3. The maximum atomic E-state index is 12.1. The molecule has 1 atom stereocenters. The van der Waals surface area contributed by atoms with Gasteiger partial charge in [-0.3, -0.25) is 4.79 Å². The first-order valence-corrected chi connectivity index (χ1v) is 8.22. The predicted octanol–water partition coefficient (Wildman–Crippen LogP) is 1.45. The molecule has 6 nitrogen and oxygen atoms in total. The molecule has 0 aliphatic heterocycles. The van der Waals surface area contributed by atoms with E-state index < -0.39 is 16.2 Å². The Morgan fingerprint density at radius 2 is 1.95 bits per heavy atom. The zero-order valence-corrected chi connectivity index (χ0v) is 13.1. The first-order valence-electron chi connectivity index (χ1n) is 6.78. The fourth-order valence-electron chi connectivity index (χ4n) is 1.76. The molecule has 0 heterocycles. The maximum Gasteiger partial charge on any atom is 0.303 e. The molecule has 0 amide bonds. The van der Waals surface area contributed by atoms with E-state index in [1.807, 2.05) is 37.3 Å². The lowest BCUT2D eigenvalue weighted by atomic mass is 10.1. The minimum atomic E-state index is -3.56. The fraction of sp³-hybridized carbons (Fsp3) is 0.500.